The summed E-state index contributed by atoms with van der Waals surface area (Å²) in [5.74, 6) is 0.178. The Bertz CT molecular complexity index is 209. The first kappa shape index (κ1) is 12.5. The summed E-state index contributed by atoms with van der Waals surface area (Å²) in [6.45, 7) is 7.36. The minimum absolute atomic E-state index is 0.178. The van der Waals surface area contributed by atoms with Crippen molar-refractivity contribution >= 4 is 5.91 Å². The summed E-state index contributed by atoms with van der Waals surface area (Å²) in [6.07, 6.45) is 2.21. The van der Waals surface area contributed by atoms with Gasteiger partial charge >= 0.3 is 0 Å². The Hall–Kier alpha value is -0.610. The number of amides is 1. The third kappa shape index (κ3) is 3.47. The summed E-state index contributed by atoms with van der Waals surface area (Å²) in [4.78, 5) is 15.5. The third-order valence-corrected chi connectivity index (χ3v) is 3.11. The van der Waals surface area contributed by atoms with Gasteiger partial charge in [-0.25, -0.2) is 0 Å². The van der Waals surface area contributed by atoms with E-state index < -0.39 is 0 Å². The van der Waals surface area contributed by atoms with Crippen molar-refractivity contribution in [1.29, 1.82) is 0 Å². The number of carbonyl (C=O) groups excluding carboxylic acids is 1. The van der Waals surface area contributed by atoms with Crippen molar-refractivity contribution in [3.05, 3.63) is 0 Å². The number of likely N-dealkylation sites (N-methyl/N-ethyl adjacent to an activating group) is 1. The van der Waals surface area contributed by atoms with Crippen LogP contribution < -0.4 is 0 Å². The van der Waals surface area contributed by atoms with Crippen molar-refractivity contribution in [2.24, 2.45) is 0 Å². The Morgan fingerprint density at radius 3 is 2.87 bits per heavy atom. The fraction of sp³-hybridized carbons (Fsp3) is 0.909. The zero-order chi connectivity index (χ0) is 11.3. The van der Waals surface area contributed by atoms with E-state index in [1.807, 2.05) is 4.90 Å². The number of aliphatic hydroxyl groups excluding tert-OH is 1. The Kier molecular flexibility index (Phi) is 5.05. The topological polar surface area (TPSA) is 43.8 Å². The maximum Gasteiger partial charge on any atom is 0.219 e. The highest BCUT2D eigenvalue weighted by atomic mass is 16.3. The van der Waals surface area contributed by atoms with Gasteiger partial charge in [-0.05, 0) is 19.4 Å². The number of likely N-dealkylation sites (tertiary alicyclic amines) is 1. The van der Waals surface area contributed by atoms with E-state index in [4.69, 9.17) is 5.11 Å². The molecule has 1 unspecified atom stereocenters. The Balaban J connectivity index is 2.44. The number of carbonyl (C=O) groups is 1. The summed E-state index contributed by atoms with van der Waals surface area (Å²) in [5, 5.41) is 8.89. The smallest absolute Gasteiger partial charge is 0.219 e. The molecule has 0 aliphatic carbocycles. The summed E-state index contributed by atoms with van der Waals surface area (Å²) in [6, 6.07) is 0.356. The molecule has 1 saturated heterocycles. The van der Waals surface area contributed by atoms with E-state index in [2.05, 4.69) is 11.8 Å². The lowest BCUT2D eigenvalue weighted by molar-refractivity contribution is -0.129. The number of hydrogen-bond donors (Lipinski definition) is 1. The van der Waals surface area contributed by atoms with Gasteiger partial charge < -0.3 is 10.0 Å². The molecule has 0 bridgehead atoms. The molecule has 1 atom stereocenters. The molecule has 4 nitrogen and oxygen atoms in total. The molecule has 1 fully saturated rings. The van der Waals surface area contributed by atoms with Crippen LogP contribution in [0.1, 0.15) is 26.7 Å². The van der Waals surface area contributed by atoms with Gasteiger partial charge in [0.25, 0.3) is 0 Å². The lowest BCUT2D eigenvalue weighted by Gasteiger charge is -2.29. The van der Waals surface area contributed by atoms with Crippen LogP contribution in [0, 0.1) is 0 Å². The van der Waals surface area contributed by atoms with Crippen molar-refractivity contribution in [1.82, 2.24) is 9.80 Å². The van der Waals surface area contributed by atoms with Crippen molar-refractivity contribution in [3.63, 3.8) is 0 Å². The maximum absolute atomic E-state index is 11.3. The second-order valence-electron chi connectivity index (χ2n) is 4.13. The molecule has 1 amide bonds. The summed E-state index contributed by atoms with van der Waals surface area (Å²) >= 11 is 0. The van der Waals surface area contributed by atoms with Gasteiger partial charge in [0.2, 0.25) is 5.91 Å². The average Bonchev–Trinajstić information content (AvgIpc) is 2.65. The highest BCUT2D eigenvalue weighted by Crippen LogP contribution is 2.18. The van der Waals surface area contributed by atoms with Crippen LogP contribution in [-0.4, -0.2) is 59.6 Å². The van der Waals surface area contributed by atoms with Crippen LogP contribution >= 0.6 is 0 Å². The molecule has 1 aliphatic heterocycles. The van der Waals surface area contributed by atoms with Crippen molar-refractivity contribution in [2.75, 3.05) is 32.8 Å². The number of rotatable bonds is 5. The summed E-state index contributed by atoms with van der Waals surface area (Å²) in [5.41, 5.74) is 0. The van der Waals surface area contributed by atoms with Crippen LogP contribution in [0.15, 0.2) is 0 Å². The fourth-order valence-electron chi connectivity index (χ4n) is 2.26. The number of nitrogens with zero attached hydrogens (tertiary/aromatic N) is 2. The van der Waals surface area contributed by atoms with Crippen LogP contribution in [0.5, 0.6) is 0 Å². The highest BCUT2D eigenvalue weighted by Gasteiger charge is 2.27. The molecule has 1 aliphatic rings. The molecule has 0 aromatic heterocycles. The molecule has 88 valence electrons. The predicted molar refractivity (Wildman–Crippen MR) is 59.6 cm³/mol. The molecule has 4 heteroatoms. The zero-order valence-electron chi connectivity index (χ0n) is 9.78. The van der Waals surface area contributed by atoms with Gasteiger partial charge in [-0.3, -0.25) is 9.69 Å². The van der Waals surface area contributed by atoms with Crippen LogP contribution in [-0.2, 0) is 4.79 Å². The van der Waals surface area contributed by atoms with Gasteiger partial charge in [0.15, 0.2) is 0 Å². The number of aliphatic hydroxyl groups is 1. The largest absolute Gasteiger partial charge is 0.395 e. The van der Waals surface area contributed by atoms with E-state index in [1.165, 1.54) is 0 Å². The second kappa shape index (κ2) is 6.08. The molecule has 0 aromatic rings. The minimum atomic E-state index is 0.178. The number of hydrogen-bond acceptors (Lipinski definition) is 3. The zero-order valence-corrected chi connectivity index (χ0v) is 9.78. The molecule has 1 N–H and O–H groups in total. The van der Waals surface area contributed by atoms with Crippen LogP contribution in [0.2, 0.25) is 0 Å². The van der Waals surface area contributed by atoms with E-state index in [9.17, 15) is 4.79 Å². The first-order valence-corrected chi connectivity index (χ1v) is 5.79. The first-order valence-electron chi connectivity index (χ1n) is 5.79. The Morgan fingerprint density at radius 2 is 2.33 bits per heavy atom. The Morgan fingerprint density at radius 1 is 1.60 bits per heavy atom. The molecule has 0 saturated carbocycles. The van der Waals surface area contributed by atoms with Gasteiger partial charge in [0, 0.05) is 32.6 Å². The van der Waals surface area contributed by atoms with E-state index in [0.29, 0.717) is 12.6 Å². The highest BCUT2D eigenvalue weighted by molar-refractivity contribution is 5.73. The molecule has 1 rings (SSSR count). The van der Waals surface area contributed by atoms with E-state index in [-0.39, 0.29) is 12.5 Å². The molecule has 15 heavy (non-hydrogen) atoms. The average molecular weight is 214 g/mol. The fourth-order valence-corrected chi connectivity index (χ4v) is 2.26. The van der Waals surface area contributed by atoms with Crippen molar-refractivity contribution in [2.45, 2.75) is 32.7 Å². The lowest BCUT2D eigenvalue weighted by atomic mass is 10.2. The normalized spacial score (nSPS) is 21.3. The summed E-state index contributed by atoms with van der Waals surface area (Å²) < 4.78 is 0. The van der Waals surface area contributed by atoms with E-state index in [0.717, 1.165) is 32.5 Å². The quantitative estimate of drug-likeness (QED) is 0.716. The van der Waals surface area contributed by atoms with Crippen molar-refractivity contribution in [3.8, 4) is 0 Å². The van der Waals surface area contributed by atoms with Gasteiger partial charge in [-0.2, -0.15) is 0 Å². The predicted octanol–water partition coefficient (Wildman–Crippen LogP) is 0.311. The van der Waals surface area contributed by atoms with Crippen molar-refractivity contribution < 1.29 is 9.90 Å². The molecule has 0 radical (unpaired) electrons. The van der Waals surface area contributed by atoms with Gasteiger partial charge in [-0.15, -0.1) is 0 Å². The second-order valence-corrected chi connectivity index (χ2v) is 4.13. The molecule has 1 heterocycles. The molecule has 0 aromatic carbocycles. The van der Waals surface area contributed by atoms with Crippen LogP contribution in [0.3, 0.4) is 0 Å². The SMILES string of the molecule is CCN(CCO)CC1CCCN1C(C)=O. The lowest BCUT2D eigenvalue weighted by Crippen LogP contribution is -2.43. The first-order chi connectivity index (χ1) is 7.19. The monoisotopic (exact) mass is 214 g/mol. The molecule has 0 spiro atoms. The molecular weight excluding hydrogens is 192 g/mol. The van der Waals surface area contributed by atoms with E-state index >= 15 is 0 Å². The van der Waals surface area contributed by atoms with E-state index in [1.54, 1.807) is 6.92 Å². The van der Waals surface area contributed by atoms with Crippen LogP contribution in [0.25, 0.3) is 0 Å². The third-order valence-electron chi connectivity index (χ3n) is 3.11. The standard InChI is InChI=1S/C11H22N2O2/c1-3-12(7-8-14)9-11-5-4-6-13(11)10(2)15/h11,14H,3-9H2,1-2H3. The van der Waals surface area contributed by atoms with Gasteiger partial charge in [-0.1, -0.05) is 6.92 Å². The maximum atomic E-state index is 11.3. The molecular formula is C11H22N2O2. The van der Waals surface area contributed by atoms with Gasteiger partial charge in [0.05, 0.1) is 6.61 Å². The minimum Gasteiger partial charge on any atom is -0.395 e. The van der Waals surface area contributed by atoms with Crippen LogP contribution in [0.4, 0.5) is 0 Å². The summed E-state index contributed by atoms with van der Waals surface area (Å²) in [7, 11) is 0. The van der Waals surface area contributed by atoms with Gasteiger partial charge in [0.1, 0.15) is 0 Å². The Labute approximate surface area is 91.9 Å².